The van der Waals surface area contributed by atoms with E-state index in [9.17, 15) is 4.79 Å². The second-order valence-electron chi connectivity index (χ2n) is 8.85. The molecule has 4 aromatic carbocycles. The van der Waals surface area contributed by atoms with Gasteiger partial charge >= 0.3 is 0 Å². The van der Waals surface area contributed by atoms with Crippen LogP contribution in [0.5, 0.6) is 11.5 Å². The van der Waals surface area contributed by atoms with E-state index in [0.29, 0.717) is 36.9 Å². The molecule has 6 nitrogen and oxygen atoms in total. The molecule has 0 aliphatic rings. The summed E-state index contributed by atoms with van der Waals surface area (Å²) < 4.78 is 11.5. The van der Waals surface area contributed by atoms with E-state index < -0.39 is 5.91 Å². The van der Waals surface area contributed by atoms with Crippen molar-refractivity contribution in [2.75, 3.05) is 7.11 Å². The van der Waals surface area contributed by atoms with Crippen molar-refractivity contribution in [1.82, 2.24) is 10.3 Å². The van der Waals surface area contributed by atoms with Crippen molar-refractivity contribution in [3.63, 3.8) is 0 Å². The van der Waals surface area contributed by atoms with E-state index in [1.165, 1.54) is 11.8 Å². The van der Waals surface area contributed by atoms with Gasteiger partial charge in [-0.3, -0.25) is 4.79 Å². The minimum atomic E-state index is -0.468. The third kappa shape index (κ3) is 6.02. The number of hydrogen-bond acceptors (Lipinski definition) is 5. The van der Waals surface area contributed by atoms with Crippen LogP contribution in [0.3, 0.4) is 0 Å². The quantitative estimate of drug-likeness (QED) is 0.189. The Kier molecular flexibility index (Phi) is 7.97. The van der Waals surface area contributed by atoms with E-state index in [2.05, 4.69) is 22.4 Å². The third-order valence-corrected chi connectivity index (χ3v) is 7.28. The second-order valence-corrected chi connectivity index (χ2v) is 9.94. The van der Waals surface area contributed by atoms with Crippen LogP contribution >= 0.6 is 11.8 Å². The highest BCUT2D eigenvalue weighted by Crippen LogP contribution is 2.37. The van der Waals surface area contributed by atoms with Gasteiger partial charge in [-0.15, -0.1) is 0 Å². The Morgan fingerprint density at radius 2 is 1.53 bits per heavy atom. The molecule has 0 aliphatic carbocycles. The Hall–Kier alpha value is -4.20. The summed E-state index contributed by atoms with van der Waals surface area (Å²) in [7, 11) is 1.65. The molecular formula is C31H29N3O3S. The minimum absolute atomic E-state index is 0.431. The first-order valence-corrected chi connectivity index (χ1v) is 13.1. The normalized spacial score (nSPS) is 11.0. The van der Waals surface area contributed by atoms with Crippen LogP contribution in [-0.2, 0) is 19.7 Å². The fourth-order valence-electron chi connectivity index (χ4n) is 4.24. The van der Waals surface area contributed by atoms with Gasteiger partial charge < -0.3 is 25.5 Å². The minimum Gasteiger partial charge on any atom is -0.493 e. The summed E-state index contributed by atoms with van der Waals surface area (Å²) in [6, 6.07) is 32.2. The molecule has 0 saturated carbocycles. The van der Waals surface area contributed by atoms with Gasteiger partial charge in [-0.1, -0.05) is 78.5 Å². The first kappa shape index (κ1) is 25.4. The van der Waals surface area contributed by atoms with E-state index >= 15 is 0 Å². The predicted octanol–water partition coefficient (Wildman–Crippen LogP) is 6.30. The van der Waals surface area contributed by atoms with Crippen molar-refractivity contribution < 1.29 is 14.3 Å². The lowest BCUT2D eigenvalue weighted by Gasteiger charge is -2.13. The van der Waals surface area contributed by atoms with Crippen molar-refractivity contribution in [2.24, 2.45) is 5.73 Å². The lowest BCUT2D eigenvalue weighted by atomic mass is 10.1. The molecule has 192 valence electrons. The lowest BCUT2D eigenvalue weighted by Crippen LogP contribution is -2.13. The molecule has 7 heteroatoms. The molecule has 1 heterocycles. The molecule has 0 unspecified atom stereocenters. The van der Waals surface area contributed by atoms with Crippen molar-refractivity contribution in [3.05, 3.63) is 119 Å². The van der Waals surface area contributed by atoms with Crippen LogP contribution in [0.2, 0.25) is 0 Å². The largest absolute Gasteiger partial charge is 0.493 e. The van der Waals surface area contributed by atoms with E-state index in [1.54, 1.807) is 7.11 Å². The van der Waals surface area contributed by atoms with Gasteiger partial charge in [0.1, 0.15) is 12.3 Å². The first-order valence-electron chi connectivity index (χ1n) is 12.3. The van der Waals surface area contributed by atoms with Crippen LogP contribution in [0.15, 0.2) is 107 Å². The van der Waals surface area contributed by atoms with Gasteiger partial charge in [0.2, 0.25) is 0 Å². The van der Waals surface area contributed by atoms with E-state index in [4.69, 9.17) is 15.2 Å². The topological polar surface area (TPSA) is 89.4 Å². The van der Waals surface area contributed by atoms with Crippen LogP contribution in [0, 0.1) is 0 Å². The monoisotopic (exact) mass is 523 g/mol. The highest BCUT2D eigenvalue weighted by molar-refractivity contribution is 7.99. The SMILES string of the molecule is COc1cc(CNCc2ccc3c(Sc4ccccc4)c(C(N)=O)[nH]c3c2)ccc1OCc1ccccc1. The predicted molar refractivity (Wildman–Crippen MR) is 152 cm³/mol. The molecule has 0 fully saturated rings. The highest BCUT2D eigenvalue weighted by atomic mass is 32.2. The van der Waals surface area contributed by atoms with Crippen LogP contribution in [-0.4, -0.2) is 18.0 Å². The zero-order valence-corrected chi connectivity index (χ0v) is 21.9. The summed E-state index contributed by atoms with van der Waals surface area (Å²) in [6.07, 6.45) is 0. The molecule has 5 rings (SSSR count). The smallest absolute Gasteiger partial charge is 0.266 e. The lowest BCUT2D eigenvalue weighted by molar-refractivity contribution is 0.0993. The number of aromatic amines is 1. The molecule has 1 aromatic heterocycles. The zero-order chi connectivity index (χ0) is 26.3. The van der Waals surface area contributed by atoms with Crippen molar-refractivity contribution >= 4 is 28.6 Å². The number of carbonyl (C=O) groups excluding carboxylic acids is 1. The van der Waals surface area contributed by atoms with E-state index in [0.717, 1.165) is 37.4 Å². The molecule has 0 radical (unpaired) electrons. The number of nitrogens with two attached hydrogens (primary N) is 1. The number of ether oxygens (including phenoxy) is 2. The number of amides is 1. The molecular weight excluding hydrogens is 494 g/mol. The number of aromatic nitrogens is 1. The average molecular weight is 524 g/mol. The van der Waals surface area contributed by atoms with Crippen LogP contribution in [0.1, 0.15) is 27.2 Å². The second kappa shape index (κ2) is 11.9. The fraction of sp³-hybridized carbons (Fsp3) is 0.129. The Morgan fingerprint density at radius 1 is 0.842 bits per heavy atom. The number of primary amides is 1. The number of benzene rings is 4. The van der Waals surface area contributed by atoms with Gasteiger partial charge in [0.15, 0.2) is 11.5 Å². The van der Waals surface area contributed by atoms with Crippen LogP contribution in [0.25, 0.3) is 10.9 Å². The summed E-state index contributed by atoms with van der Waals surface area (Å²) in [6.45, 7) is 1.81. The van der Waals surface area contributed by atoms with Gasteiger partial charge in [0.05, 0.1) is 12.0 Å². The fourth-order valence-corrected chi connectivity index (χ4v) is 5.31. The van der Waals surface area contributed by atoms with Crippen molar-refractivity contribution in [3.8, 4) is 11.5 Å². The Bertz CT molecular complexity index is 1530. The number of nitrogens with one attached hydrogen (secondary N) is 2. The highest BCUT2D eigenvalue weighted by Gasteiger charge is 2.17. The summed E-state index contributed by atoms with van der Waals surface area (Å²) in [5.74, 6) is 0.951. The zero-order valence-electron chi connectivity index (χ0n) is 21.1. The molecule has 1 amide bonds. The summed E-state index contributed by atoms with van der Waals surface area (Å²) in [5.41, 5.74) is 10.3. The standard InChI is InChI=1S/C31H29N3O3S/c1-36-28-17-23(13-15-27(28)37-20-21-8-4-2-5-9-21)19-33-18-22-12-14-25-26(16-22)34-29(31(32)35)30(25)38-24-10-6-3-7-11-24/h2-17,33-34H,18-20H2,1H3,(H2,32,35). The Morgan fingerprint density at radius 3 is 2.24 bits per heavy atom. The summed E-state index contributed by atoms with van der Waals surface area (Å²) in [5, 5.41) is 4.47. The number of rotatable bonds is 11. The van der Waals surface area contributed by atoms with E-state index in [-0.39, 0.29) is 0 Å². The van der Waals surface area contributed by atoms with Gasteiger partial charge in [0, 0.05) is 28.9 Å². The van der Waals surface area contributed by atoms with Gasteiger partial charge in [0.25, 0.3) is 5.91 Å². The van der Waals surface area contributed by atoms with Crippen molar-refractivity contribution in [1.29, 1.82) is 0 Å². The molecule has 0 spiro atoms. The van der Waals surface area contributed by atoms with Crippen LogP contribution < -0.4 is 20.5 Å². The molecule has 4 N–H and O–H groups in total. The number of carbonyl (C=O) groups is 1. The molecule has 0 bridgehead atoms. The summed E-state index contributed by atoms with van der Waals surface area (Å²) >= 11 is 1.54. The first-order chi connectivity index (χ1) is 18.6. The van der Waals surface area contributed by atoms with Gasteiger partial charge in [-0.05, 0) is 47.0 Å². The summed E-state index contributed by atoms with van der Waals surface area (Å²) in [4.78, 5) is 17.3. The average Bonchev–Trinajstić information content (AvgIpc) is 3.31. The maximum absolute atomic E-state index is 12.1. The van der Waals surface area contributed by atoms with Crippen molar-refractivity contribution in [2.45, 2.75) is 29.5 Å². The number of fused-ring (bicyclic) bond motifs is 1. The Labute approximate surface area is 226 Å². The Balaban J connectivity index is 1.24. The molecule has 0 saturated heterocycles. The number of H-pyrrole nitrogens is 1. The molecule has 0 atom stereocenters. The maximum atomic E-state index is 12.1. The number of methoxy groups -OCH3 is 1. The van der Waals surface area contributed by atoms with Crippen LogP contribution in [0.4, 0.5) is 0 Å². The van der Waals surface area contributed by atoms with Gasteiger partial charge in [-0.25, -0.2) is 0 Å². The maximum Gasteiger partial charge on any atom is 0.266 e. The van der Waals surface area contributed by atoms with E-state index in [1.807, 2.05) is 84.9 Å². The van der Waals surface area contributed by atoms with Gasteiger partial charge in [-0.2, -0.15) is 0 Å². The third-order valence-electron chi connectivity index (χ3n) is 6.15. The molecule has 0 aliphatic heterocycles. The molecule has 38 heavy (non-hydrogen) atoms. The molecule has 5 aromatic rings. The number of hydrogen-bond donors (Lipinski definition) is 3.